The molecule has 13 heteroatoms. The number of benzene rings is 3. The number of aromatic nitrogens is 3. The number of ether oxygens (including phenoxy) is 2. The smallest absolute Gasteiger partial charge is 0.276 e. The molecule has 288 valence electrons. The van der Waals surface area contributed by atoms with Crippen molar-refractivity contribution in [3.63, 3.8) is 0 Å². The van der Waals surface area contributed by atoms with Crippen LogP contribution < -0.4 is 25.7 Å². The highest BCUT2D eigenvalue weighted by Crippen LogP contribution is 2.42. The first kappa shape index (κ1) is 36.7. The zero-order valence-electron chi connectivity index (χ0n) is 31.5. The van der Waals surface area contributed by atoms with Crippen LogP contribution in [0.15, 0.2) is 71.8 Å². The van der Waals surface area contributed by atoms with Gasteiger partial charge in [0, 0.05) is 75.1 Å². The number of rotatable bonds is 10. The monoisotopic (exact) mass is 751 g/mol. The summed E-state index contributed by atoms with van der Waals surface area (Å²) in [7, 11) is 5.01. The van der Waals surface area contributed by atoms with E-state index in [9.17, 15) is 9.59 Å². The average molecular weight is 752 g/mol. The second kappa shape index (κ2) is 15.1. The van der Waals surface area contributed by atoms with Crippen LogP contribution in [0.2, 0.25) is 0 Å². The Balaban J connectivity index is 0.930. The number of pyridine rings is 1. The van der Waals surface area contributed by atoms with Crippen LogP contribution in [0, 0.1) is 0 Å². The highest BCUT2D eigenvalue weighted by Gasteiger charge is 2.45. The van der Waals surface area contributed by atoms with Crippen molar-refractivity contribution in [2.45, 2.75) is 63.2 Å². The van der Waals surface area contributed by atoms with Gasteiger partial charge in [0.2, 0.25) is 5.91 Å². The third-order valence-electron chi connectivity index (χ3n) is 11.6. The van der Waals surface area contributed by atoms with Crippen LogP contribution in [0.25, 0.3) is 22.0 Å². The largest absolute Gasteiger partial charge is 0.496 e. The summed E-state index contributed by atoms with van der Waals surface area (Å²) in [4.78, 5) is 28.4. The van der Waals surface area contributed by atoms with Gasteiger partial charge in [0.05, 0.1) is 38.4 Å². The number of hydrogen-bond donors (Lipinski definition) is 3. The average Bonchev–Trinajstić information content (AvgIpc) is 3.68. The minimum absolute atomic E-state index is 0.0659. The Morgan fingerprint density at radius 1 is 0.964 bits per heavy atom. The van der Waals surface area contributed by atoms with E-state index >= 15 is 8.78 Å². The van der Waals surface area contributed by atoms with Crippen LogP contribution in [-0.2, 0) is 37.9 Å². The highest BCUT2D eigenvalue weighted by atomic mass is 19.3. The first-order valence-corrected chi connectivity index (χ1v) is 18.9. The lowest BCUT2D eigenvalue weighted by Crippen LogP contribution is -2.47. The first-order valence-electron chi connectivity index (χ1n) is 18.9. The summed E-state index contributed by atoms with van der Waals surface area (Å²) in [6.45, 7) is 3.48. The maximum Gasteiger partial charge on any atom is 0.276 e. The lowest BCUT2D eigenvalue weighted by molar-refractivity contribution is -0.122. The second-order valence-corrected chi connectivity index (χ2v) is 15.1. The van der Waals surface area contributed by atoms with Crippen molar-refractivity contribution >= 4 is 22.5 Å². The molecule has 0 aliphatic carbocycles. The van der Waals surface area contributed by atoms with Crippen LogP contribution >= 0.6 is 0 Å². The summed E-state index contributed by atoms with van der Waals surface area (Å²) >= 11 is 0. The number of fused-ring (bicyclic) bond motifs is 2. The minimum atomic E-state index is -2.86. The number of anilines is 1. The molecular weight excluding hydrogens is 705 g/mol. The third kappa shape index (κ3) is 7.42. The van der Waals surface area contributed by atoms with Gasteiger partial charge in [-0.15, -0.1) is 0 Å². The number of hydrogen-bond acceptors (Lipinski definition) is 8. The Labute approximate surface area is 318 Å². The molecule has 0 bridgehead atoms. The maximum atomic E-state index is 15.8. The van der Waals surface area contributed by atoms with E-state index in [1.165, 1.54) is 15.7 Å². The van der Waals surface area contributed by atoms with Gasteiger partial charge in [-0.25, -0.2) is 8.78 Å². The molecule has 2 fully saturated rings. The number of halogens is 2. The van der Waals surface area contributed by atoms with E-state index in [0.717, 1.165) is 52.7 Å². The fraction of sp³-hybridized carbons (Fsp3) is 0.405. The summed E-state index contributed by atoms with van der Waals surface area (Å²) in [5.74, 6) is -2.25. The quantitative estimate of drug-likeness (QED) is 0.164. The number of alkyl halides is 2. The molecule has 2 atom stereocenters. The molecule has 3 N–H and O–H groups in total. The van der Waals surface area contributed by atoms with E-state index in [1.807, 2.05) is 47.4 Å². The molecule has 0 spiro atoms. The number of likely N-dealkylation sites (tertiary alicyclic amines) is 1. The zero-order valence-corrected chi connectivity index (χ0v) is 31.5. The Kier molecular flexibility index (Phi) is 10.1. The fourth-order valence-electron chi connectivity index (χ4n) is 8.63. The van der Waals surface area contributed by atoms with Crippen molar-refractivity contribution in [2.24, 2.45) is 7.05 Å². The van der Waals surface area contributed by atoms with E-state index in [2.05, 4.69) is 37.9 Å². The van der Waals surface area contributed by atoms with Gasteiger partial charge in [-0.3, -0.25) is 24.5 Å². The van der Waals surface area contributed by atoms with Crippen molar-refractivity contribution in [1.82, 2.24) is 29.9 Å². The molecule has 2 saturated heterocycles. The number of piperidine rings is 2. The van der Waals surface area contributed by atoms with Gasteiger partial charge in [-0.05, 0) is 77.9 Å². The van der Waals surface area contributed by atoms with Crippen LogP contribution in [0.3, 0.4) is 0 Å². The predicted octanol–water partition coefficient (Wildman–Crippen LogP) is 5.82. The molecule has 5 aromatic rings. The summed E-state index contributed by atoms with van der Waals surface area (Å²) in [6.07, 6.45) is 5.90. The predicted molar refractivity (Wildman–Crippen MR) is 208 cm³/mol. The Hall–Kier alpha value is -5.27. The van der Waals surface area contributed by atoms with E-state index < -0.39 is 11.8 Å². The van der Waals surface area contributed by atoms with Gasteiger partial charge in [-0.2, -0.15) is 5.10 Å². The molecule has 0 radical (unpaired) electrons. The molecule has 55 heavy (non-hydrogen) atoms. The summed E-state index contributed by atoms with van der Waals surface area (Å²) in [6, 6.07) is 17.8. The van der Waals surface area contributed by atoms with Crippen molar-refractivity contribution in [3.05, 3.63) is 105 Å². The molecule has 3 aliphatic heterocycles. The minimum Gasteiger partial charge on any atom is -0.496 e. The lowest BCUT2D eigenvalue weighted by Gasteiger charge is -2.39. The topological polar surface area (TPSA) is 117 Å². The molecule has 1 amide bonds. The molecule has 3 aromatic carbocycles. The van der Waals surface area contributed by atoms with Gasteiger partial charge >= 0.3 is 0 Å². The van der Waals surface area contributed by atoms with E-state index in [-0.39, 0.29) is 24.1 Å². The number of H-pyrrole nitrogens is 1. The Bertz CT molecular complexity index is 2240. The molecule has 11 nitrogen and oxygen atoms in total. The van der Waals surface area contributed by atoms with Crippen LogP contribution in [-0.4, -0.2) is 82.8 Å². The fourth-order valence-corrected chi connectivity index (χ4v) is 8.63. The number of amides is 1. The number of aromatic amines is 1. The summed E-state index contributed by atoms with van der Waals surface area (Å²) < 4.78 is 45.0. The standard InChI is InChI=1S/C42H47F2N7O4/c1-49-23-34(33-20-46-48-40(33)41(49)53)29-17-37(54-2)35(38(18-29)55-3)24-50-15-13-32-27(21-50)5-4-6-28(32)22-51-16-14-36(42(43,44)25-51)26-7-9-30(10-8-26)47-31-11-12-39(52)45-19-31/h4-10,17-18,20,23,31,36,47H,11-16,19,21-22,24-25H2,1-3H3,(H,45,52)(H,46,48). The number of carbonyl (C=O) groups is 1. The van der Waals surface area contributed by atoms with Crippen molar-refractivity contribution in [3.8, 4) is 22.6 Å². The van der Waals surface area contributed by atoms with Gasteiger partial charge in [-0.1, -0.05) is 30.3 Å². The number of aryl methyl sites for hydroxylation is 1. The van der Waals surface area contributed by atoms with Gasteiger partial charge in [0.1, 0.15) is 17.0 Å². The van der Waals surface area contributed by atoms with Crippen LogP contribution in [0.5, 0.6) is 11.5 Å². The zero-order chi connectivity index (χ0) is 38.3. The normalized spacial score (nSPS) is 20.2. The van der Waals surface area contributed by atoms with Crippen LogP contribution in [0.1, 0.15) is 53.0 Å². The Morgan fingerprint density at radius 2 is 1.75 bits per heavy atom. The molecule has 5 heterocycles. The van der Waals surface area contributed by atoms with Crippen molar-refractivity contribution < 1.29 is 23.0 Å². The summed E-state index contributed by atoms with van der Waals surface area (Å²) in [5.41, 5.74) is 8.01. The molecule has 8 rings (SSSR count). The summed E-state index contributed by atoms with van der Waals surface area (Å²) in [5, 5.41) is 13.9. The van der Waals surface area contributed by atoms with Crippen LogP contribution in [0.4, 0.5) is 14.5 Å². The second-order valence-electron chi connectivity index (χ2n) is 15.1. The van der Waals surface area contributed by atoms with Crippen molar-refractivity contribution in [1.29, 1.82) is 0 Å². The SMILES string of the molecule is COc1cc(-c2cn(C)c(=O)c3[nH]ncc23)cc(OC)c1CN1CCc2c(cccc2CN2CCC(c3ccc(NC4CCC(=O)NC4)cc3)C(F)(F)C2)C1. The maximum absolute atomic E-state index is 15.8. The molecule has 0 saturated carbocycles. The number of methoxy groups -OCH3 is 2. The van der Waals surface area contributed by atoms with Gasteiger partial charge in [0.25, 0.3) is 11.5 Å². The lowest BCUT2D eigenvalue weighted by atomic mass is 9.85. The Morgan fingerprint density at radius 3 is 2.45 bits per heavy atom. The molecular formula is C42H47F2N7O4. The number of nitrogens with zero attached hydrogens (tertiary/aromatic N) is 4. The van der Waals surface area contributed by atoms with Crippen molar-refractivity contribution in [2.75, 3.05) is 45.7 Å². The molecule has 3 aliphatic rings. The van der Waals surface area contributed by atoms with E-state index in [1.54, 1.807) is 33.7 Å². The van der Waals surface area contributed by atoms with Gasteiger partial charge in [0.15, 0.2) is 0 Å². The van der Waals surface area contributed by atoms with E-state index in [4.69, 9.17) is 9.47 Å². The van der Waals surface area contributed by atoms with Gasteiger partial charge < -0.3 is 24.7 Å². The number of carbonyl (C=O) groups excluding carboxylic acids is 1. The highest BCUT2D eigenvalue weighted by molar-refractivity contribution is 5.94. The van der Waals surface area contributed by atoms with E-state index in [0.29, 0.717) is 68.1 Å². The number of nitrogens with one attached hydrogen (secondary N) is 3. The first-order chi connectivity index (χ1) is 26.6. The third-order valence-corrected chi connectivity index (χ3v) is 11.6. The molecule has 2 aromatic heterocycles. The molecule has 2 unspecified atom stereocenters.